The van der Waals surface area contributed by atoms with Crippen LogP contribution in [0.1, 0.15) is 58.3 Å². The van der Waals surface area contributed by atoms with Crippen LogP contribution in [0.3, 0.4) is 0 Å². The van der Waals surface area contributed by atoms with Crippen LogP contribution in [0.15, 0.2) is 121 Å². The Balaban J connectivity index is 1.34. The molecule has 50 heavy (non-hydrogen) atoms. The fourth-order valence-electron chi connectivity index (χ4n) is 9.23. The summed E-state index contributed by atoms with van der Waals surface area (Å²) in [6.45, 7) is 3.26. The molecule has 2 amide bonds. The van der Waals surface area contributed by atoms with E-state index in [-0.39, 0.29) is 47.8 Å². The number of ketones is 3. The number of rotatable bonds is 5. The van der Waals surface area contributed by atoms with Gasteiger partial charge in [-0.3, -0.25) is 28.9 Å². The number of benzene rings is 4. The minimum atomic E-state index is -1.41. The third-order valence-electron chi connectivity index (χ3n) is 11.5. The van der Waals surface area contributed by atoms with Crippen LogP contribution in [-0.4, -0.2) is 34.3 Å². The Morgan fingerprint density at radius 2 is 1.48 bits per heavy atom. The molecule has 3 aliphatic carbocycles. The lowest BCUT2D eigenvalue weighted by atomic mass is 9.44. The van der Waals surface area contributed by atoms with E-state index in [2.05, 4.69) is 0 Å². The van der Waals surface area contributed by atoms with Crippen LogP contribution >= 0.6 is 0 Å². The average Bonchev–Trinajstić information content (AvgIpc) is 3.39. The molecule has 4 aromatic rings. The van der Waals surface area contributed by atoms with E-state index in [9.17, 15) is 19.5 Å². The van der Waals surface area contributed by atoms with Crippen molar-refractivity contribution < 1.29 is 29.1 Å². The zero-order valence-electron chi connectivity index (χ0n) is 27.7. The second-order valence-corrected chi connectivity index (χ2v) is 13.9. The van der Waals surface area contributed by atoms with Crippen LogP contribution in [0.25, 0.3) is 5.57 Å². The Kier molecular flexibility index (Phi) is 7.40. The number of carbonyl (C=O) groups excluding carboxylic acids is 5. The maximum absolute atomic E-state index is 15.1. The van der Waals surface area contributed by atoms with Crippen LogP contribution in [0.5, 0.6) is 5.75 Å². The number of fused-ring (bicyclic) bond motifs is 4. The van der Waals surface area contributed by atoms with Gasteiger partial charge in [-0.25, -0.2) is 0 Å². The third-order valence-corrected chi connectivity index (χ3v) is 11.5. The largest absolute Gasteiger partial charge is 0.507 e. The molecule has 0 spiro atoms. The highest BCUT2D eigenvalue weighted by atomic mass is 16.3. The molecule has 0 unspecified atom stereocenters. The fraction of sp³-hybridized carbons (Fsp3) is 0.233. The van der Waals surface area contributed by atoms with Gasteiger partial charge >= 0.3 is 0 Å². The van der Waals surface area contributed by atoms with Gasteiger partial charge in [-0.2, -0.15) is 0 Å². The standard InChI is InChI=1S/C43H35NO6/c1-24-10-9-15-32(39(24)47)38-30-20-21-31-37(42(50)44(41(31)49)29-18-16-26(17-19-29)25(2)45)34(30)22-35-40(48)33(27-11-5-3-6-12-27)23-36(46)43(35,38)28-13-7-4-8-14-28/h3-20,23,31,34-35,37-38,47H,21-22H2,1-2H3/t31-,34+,35-,37-,38+,43-/m0/s1. The molecule has 1 heterocycles. The molecule has 7 heteroatoms. The predicted octanol–water partition coefficient (Wildman–Crippen LogP) is 6.93. The number of aromatic hydroxyl groups is 1. The van der Waals surface area contributed by atoms with Crippen LogP contribution in [0, 0.1) is 30.6 Å². The van der Waals surface area contributed by atoms with Crippen LogP contribution < -0.4 is 4.90 Å². The highest BCUT2D eigenvalue weighted by Gasteiger charge is 2.66. The van der Waals surface area contributed by atoms with Gasteiger partial charge in [0.25, 0.3) is 0 Å². The molecule has 248 valence electrons. The summed E-state index contributed by atoms with van der Waals surface area (Å²) in [5.74, 6) is -4.86. The monoisotopic (exact) mass is 661 g/mol. The quantitative estimate of drug-likeness (QED) is 0.141. The van der Waals surface area contributed by atoms with Crippen molar-refractivity contribution in [1.29, 1.82) is 0 Å². The van der Waals surface area contributed by atoms with E-state index < -0.39 is 35.0 Å². The van der Waals surface area contributed by atoms with Crippen molar-refractivity contribution in [3.8, 4) is 5.75 Å². The Bertz CT molecular complexity index is 2170. The number of phenols is 1. The van der Waals surface area contributed by atoms with Crippen LogP contribution in [0.2, 0.25) is 0 Å². The molecule has 1 saturated heterocycles. The molecule has 4 aliphatic rings. The molecule has 1 aliphatic heterocycles. The molecule has 2 fully saturated rings. The lowest BCUT2D eigenvalue weighted by Gasteiger charge is -2.55. The minimum absolute atomic E-state index is 0.0364. The first-order valence-corrected chi connectivity index (χ1v) is 17.0. The number of aryl methyl sites for hydroxylation is 1. The van der Waals surface area contributed by atoms with E-state index >= 15 is 9.59 Å². The van der Waals surface area contributed by atoms with Gasteiger partial charge in [0.15, 0.2) is 17.3 Å². The van der Waals surface area contributed by atoms with Gasteiger partial charge in [0, 0.05) is 28.5 Å². The maximum Gasteiger partial charge on any atom is 0.238 e. The molecule has 4 aromatic carbocycles. The van der Waals surface area contributed by atoms with Crippen molar-refractivity contribution in [3.05, 3.63) is 149 Å². The van der Waals surface area contributed by atoms with Gasteiger partial charge < -0.3 is 5.11 Å². The van der Waals surface area contributed by atoms with Crippen LogP contribution in [0.4, 0.5) is 5.69 Å². The van der Waals surface area contributed by atoms with Gasteiger partial charge in [-0.1, -0.05) is 90.5 Å². The van der Waals surface area contributed by atoms with E-state index in [0.29, 0.717) is 39.1 Å². The normalized spacial score (nSPS) is 27.2. The second-order valence-electron chi connectivity index (χ2n) is 13.9. The van der Waals surface area contributed by atoms with Crippen molar-refractivity contribution in [2.45, 2.75) is 38.0 Å². The lowest BCUT2D eigenvalue weighted by molar-refractivity contribution is -0.135. The first-order chi connectivity index (χ1) is 24.1. The first kappa shape index (κ1) is 31.6. The number of amides is 2. The van der Waals surface area contributed by atoms with E-state index in [1.165, 1.54) is 17.9 Å². The van der Waals surface area contributed by atoms with Crippen molar-refractivity contribution in [1.82, 2.24) is 0 Å². The maximum atomic E-state index is 15.1. The summed E-state index contributed by atoms with van der Waals surface area (Å²) in [5, 5.41) is 11.7. The highest BCUT2D eigenvalue weighted by Crippen LogP contribution is 2.64. The molecule has 0 radical (unpaired) electrons. The molecular formula is C43H35NO6. The number of para-hydroxylation sites is 1. The molecule has 0 bridgehead atoms. The topological polar surface area (TPSA) is 109 Å². The van der Waals surface area contributed by atoms with Crippen molar-refractivity contribution in [2.75, 3.05) is 4.90 Å². The Morgan fingerprint density at radius 1 is 0.800 bits per heavy atom. The van der Waals surface area contributed by atoms with E-state index in [1.54, 1.807) is 37.3 Å². The summed E-state index contributed by atoms with van der Waals surface area (Å²) in [6, 6.07) is 30.4. The summed E-state index contributed by atoms with van der Waals surface area (Å²) in [7, 11) is 0. The lowest BCUT2D eigenvalue weighted by Crippen LogP contribution is -2.58. The highest BCUT2D eigenvalue weighted by molar-refractivity contribution is 6.32. The number of hydrogen-bond donors (Lipinski definition) is 1. The fourth-order valence-corrected chi connectivity index (χ4v) is 9.23. The Hall–Kier alpha value is -5.69. The molecule has 7 nitrogen and oxygen atoms in total. The number of carbonyl (C=O) groups is 5. The summed E-state index contributed by atoms with van der Waals surface area (Å²) in [4.78, 5) is 71.8. The smallest absolute Gasteiger partial charge is 0.238 e. The first-order valence-electron chi connectivity index (χ1n) is 17.0. The van der Waals surface area contributed by atoms with Gasteiger partial charge in [-0.05, 0) is 79.6 Å². The predicted molar refractivity (Wildman–Crippen MR) is 188 cm³/mol. The zero-order valence-corrected chi connectivity index (χ0v) is 27.7. The summed E-state index contributed by atoms with van der Waals surface area (Å²) >= 11 is 0. The van der Waals surface area contributed by atoms with E-state index in [0.717, 1.165) is 5.57 Å². The SMILES string of the molecule is CC(=O)c1ccc(N2C(=O)[C@H]3[C@H](CC=C4[C@H]3C[C@H]3C(=O)C(c5ccccc5)=CC(=O)[C@@]3(c3ccccc3)[C@H]4c3cccc(C)c3O)C2=O)cc1. The summed E-state index contributed by atoms with van der Waals surface area (Å²) < 4.78 is 0. The Morgan fingerprint density at radius 3 is 2.16 bits per heavy atom. The van der Waals surface area contributed by atoms with Crippen molar-refractivity contribution >= 4 is 40.4 Å². The van der Waals surface area contributed by atoms with E-state index in [1.807, 2.05) is 78.9 Å². The number of Topliss-reactive ketones (excluding diaryl/α,β-unsaturated/α-hetero) is 2. The zero-order chi connectivity index (χ0) is 34.9. The molecule has 0 aromatic heterocycles. The summed E-state index contributed by atoms with van der Waals surface area (Å²) in [5.41, 5.74) is 3.01. The third kappa shape index (κ3) is 4.45. The number of phenolic OH excluding ortho intramolecular Hbond substituents is 1. The number of imide groups is 1. The number of nitrogens with zero attached hydrogens (tertiary/aromatic N) is 1. The molecular weight excluding hydrogens is 626 g/mol. The number of hydrogen-bond acceptors (Lipinski definition) is 6. The van der Waals surface area contributed by atoms with Gasteiger partial charge in [0.1, 0.15) is 5.75 Å². The molecule has 6 atom stereocenters. The van der Waals surface area contributed by atoms with Gasteiger partial charge in [0.05, 0.1) is 22.9 Å². The van der Waals surface area contributed by atoms with E-state index in [4.69, 9.17) is 0 Å². The number of anilines is 1. The minimum Gasteiger partial charge on any atom is -0.507 e. The number of allylic oxidation sites excluding steroid dienone is 4. The molecule has 1 N–H and O–H groups in total. The molecule has 1 saturated carbocycles. The second kappa shape index (κ2) is 11.7. The van der Waals surface area contributed by atoms with Crippen LogP contribution in [-0.2, 0) is 24.6 Å². The average molecular weight is 662 g/mol. The van der Waals surface area contributed by atoms with Crippen molar-refractivity contribution in [2.24, 2.45) is 23.7 Å². The van der Waals surface area contributed by atoms with Crippen molar-refractivity contribution in [3.63, 3.8) is 0 Å². The van der Waals surface area contributed by atoms with Gasteiger partial charge in [-0.15, -0.1) is 0 Å². The molecule has 8 rings (SSSR count). The summed E-state index contributed by atoms with van der Waals surface area (Å²) in [6.07, 6.45) is 3.91. The Labute approximate surface area is 289 Å². The van der Waals surface area contributed by atoms with Gasteiger partial charge in [0.2, 0.25) is 11.8 Å².